The van der Waals surface area contributed by atoms with Gasteiger partial charge in [-0.05, 0) is 41.2 Å². The van der Waals surface area contributed by atoms with Crippen LogP contribution in [-0.4, -0.2) is 23.8 Å². The molecule has 1 aromatic carbocycles. The summed E-state index contributed by atoms with van der Waals surface area (Å²) in [4.78, 5) is 3.43. The normalized spacial score (nSPS) is 13.2. The minimum Gasteiger partial charge on any atom is -0.507 e. The number of ether oxygens (including phenoxy) is 2. The van der Waals surface area contributed by atoms with Crippen LogP contribution in [0.2, 0.25) is 0 Å². The molecule has 0 atom stereocenters. The van der Waals surface area contributed by atoms with E-state index in [4.69, 9.17) is 9.47 Å². The average molecular weight is 356 g/mol. The fraction of sp³-hybridized carbons (Fsp3) is 0.286. The standard InChI is InChI=1S/C14H14BrNO3S/c1-16(7-10-2-3-14(15)20-10)6-9-4-12-13(5-11(9)17)19-8-18-12/h2-5,17H,6-8H2,1H3. The molecule has 0 saturated heterocycles. The molecular weight excluding hydrogens is 342 g/mol. The highest BCUT2D eigenvalue weighted by Gasteiger charge is 2.17. The molecule has 0 aliphatic carbocycles. The number of hydrogen-bond acceptors (Lipinski definition) is 5. The van der Waals surface area contributed by atoms with Crippen LogP contribution >= 0.6 is 27.3 Å². The molecule has 3 rings (SSSR count). The van der Waals surface area contributed by atoms with E-state index in [1.807, 2.05) is 19.2 Å². The van der Waals surface area contributed by atoms with Crippen LogP contribution in [0, 0.1) is 0 Å². The van der Waals surface area contributed by atoms with Gasteiger partial charge < -0.3 is 14.6 Å². The van der Waals surface area contributed by atoms with Gasteiger partial charge in [0, 0.05) is 29.6 Å². The van der Waals surface area contributed by atoms with Crippen molar-refractivity contribution < 1.29 is 14.6 Å². The highest BCUT2D eigenvalue weighted by atomic mass is 79.9. The topological polar surface area (TPSA) is 41.9 Å². The number of hydrogen-bond donors (Lipinski definition) is 1. The molecule has 2 heterocycles. The second kappa shape index (κ2) is 5.63. The highest BCUT2D eigenvalue weighted by molar-refractivity contribution is 9.11. The summed E-state index contributed by atoms with van der Waals surface area (Å²) in [6.07, 6.45) is 0. The number of phenols is 1. The van der Waals surface area contributed by atoms with E-state index in [0.29, 0.717) is 18.0 Å². The molecule has 0 spiro atoms. The van der Waals surface area contributed by atoms with E-state index < -0.39 is 0 Å². The minimum absolute atomic E-state index is 0.220. The van der Waals surface area contributed by atoms with E-state index in [9.17, 15) is 5.11 Å². The second-order valence-corrected chi connectivity index (χ2v) is 7.26. The summed E-state index contributed by atoms with van der Waals surface area (Å²) in [5.41, 5.74) is 0.840. The van der Waals surface area contributed by atoms with Gasteiger partial charge >= 0.3 is 0 Å². The Labute approximate surface area is 129 Å². The number of fused-ring (bicyclic) bond motifs is 1. The Hall–Kier alpha value is -1.24. The Morgan fingerprint density at radius 1 is 1.25 bits per heavy atom. The van der Waals surface area contributed by atoms with E-state index in [2.05, 4.69) is 26.9 Å². The van der Waals surface area contributed by atoms with Crippen molar-refractivity contribution in [2.45, 2.75) is 13.1 Å². The minimum atomic E-state index is 0.220. The molecule has 4 nitrogen and oxygen atoms in total. The van der Waals surface area contributed by atoms with Gasteiger partial charge in [-0.2, -0.15) is 0 Å². The molecule has 1 aliphatic rings. The van der Waals surface area contributed by atoms with Crippen molar-refractivity contribution in [3.63, 3.8) is 0 Å². The van der Waals surface area contributed by atoms with Gasteiger partial charge in [-0.3, -0.25) is 4.90 Å². The summed E-state index contributed by atoms with van der Waals surface area (Å²) >= 11 is 5.18. The molecule has 20 heavy (non-hydrogen) atoms. The summed E-state index contributed by atoms with van der Waals surface area (Å²) < 4.78 is 11.7. The summed E-state index contributed by atoms with van der Waals surface area (Å²) in [6.45, 7) is 1.71. The number of halogens is 1. The van der Waals surface area contributed by atoms with Crippen LogP contribution in [0.3, 0.4) is 0 Å². The zero-order valence-electron chi connectivity index (χ0n) is 10.9. The maximum Gasteiger partial charge on any atom is 0.231 e. The zero-order valence-corrected chi connectivity index (χ0v) is 13.3. The van der Waals surface area contributed by atoms with E-state index in [1.165, 1.54) is 4.88 Å². The molecule has 106 valence electrons. The van der Waals surface area contributed by atoms with Gasteiger partial charge in [0.2, 0.25) is 6.79 Å². The molecular formula is C14H14BrNO3S. The summed E-state index contributed by atoms with van der Waals surface area (Å²) in [5.74, 6) is 1.55. The van der Waals surface area contributed by atoms with Crippen molar-refractivity contribution in [1.29, 1.82) is 0 Å². The van der Waals surface area contributed by atoms with E-state index in [-0.39, 0.29) is 12.5 Å². The predicted octanol–water partition coefficient (Wildman–Crippen LogP) is 3.58. The number of thiophene rings is 1. The fourth-order valence-electron chi connectivity index (χ4n) is 2.15. The van der Waals surface area contributed by atoms with E-state index in [0.717, 1.165) is 15.9 Å². The second-order valence-electron chi connectivity index (χ2n) is 4.71. The van der Waals surface area contributed by atoms with Crippen LogP contribution in [0.4, 0.5) is 0 Å². The van der Waals surface area contributed by atoms with Crippen molar-refractivity contribution in [3.8, 4) is 17.2 Å². The molecule has 0 saturated carbocycles. The first-order valence-corrected chi connectivity index (χ1v) is 7.77. The van der Waals surface area contributed by atoms with Crippen molar-refractivity contribution in [3.05, 3.63) is 38.5 Å². The summed E-state index contributed by atoms with van der Waals surface area (Å²) in [6, 6.07) is 7.61. The van der Waals surface area contributed by atoms with Gasteiger partial charge in [-0.1, -0.05) is 0 Å². The third-order valence-corrected chi connectivity index (χ3v) is 4.68. The first-order valence-electron chi connectivity index (χ1n) is 6.16. The van der Waals surface area contributed by atoms with Crippen molar-refractivity contribution >= 4 is 27.3 Å². The molecule has 0 fully saturated rings. The summed E-state index contributed by atoms with van der Waals surface area (Å²) in [5, 5.41) is 10.0. The lowest BCUT2D eigenvalue weighted by molar-refractivity contribution is 0.174. The lowest BCUT2D eigenvalue weighted by Crippen LogP contribution is -2.16. The molecule has 1 N–H and O–H groups in total. The van der Waals surface area contributed by atoms with Gasteiger partial charge in [0.25, 0.3) is 0 Å². The Bertz CT molecular complexity index is 629. The number of rotatable bonds is 4. The maximum absolute atomic E-state index is 10.0. The molecule has 0 radical (unpaired) electrons. The summed E-state index contributed by atoms with van der Waals surface area (Å²) in [7, 11) is 2.03. The third-order valence-electron chi connectivity index (χ3n) is 3.07. The van der Waals surface area contributed by atoms with Crippen molar-refractivity contribution in [2.24, 2.45) is 0 Å². The molecule has 2 aromatic rings. The SMILES string of the molecule is CN(Cc1ccc(Br)s1)Cc1cc2c(cc1O)OCO2. The van der Waals surface area contributed by atoms with Crippen LogP contribution in [0.25, 0.3) is 0 Å². The smallest absolute Gasteiger partial charge is 0.231 e. The number of nitrogens with zero attached hydrogens (tertiary/aromatic N) is 1. The monoisotopic (exact) mass is 355 g/mol. The van der Waals surface area contributed by atoms with Gasteiger partial charge in [-0.25, -0.2) is 0 Å². The largest absolute Gasteiger partial charge is 0.507 e. The van der Waals surface area contributed by atoms with Gasteiger partial charge in [0.15, 0.2) is 11.5 Å². The van der Waals surface area contributed by atoms with Gasteiger partial charge in [0.05, 0.1) is 3.79 Å². The first kappa shape index (κ1) is 13.7. The van der Waals surface area contributed by atoms with Gasteiger partial charge in [-0.15, -0.1) is 11.3 Å². The van der Waals surface area contributed by atoms with Crippen LogP contribution in [0.5, 0.6) is 17.2 Å². The lowest BCUT2D eigenvalue weighted by atomic mass is 10.1. The number of aromatic hydroxyl groups is 1. The predicted molar refractivity (Wildman–Crippen MR) is 81.4 cm³/mol. The fourth-order valence-corrected chi connectivity index (χ4v) is 3.71. The van der Waals surface area contributed by atoms with E-state index >= 15 is 0 Å². The Kier molecular flexibility index (Phi) is 3.87. The lowest BCUT2D eigenvalue weighted by Gasteiger charge is -2.16. The zero-order chi connectivity index (χ0) is 14.1. The average Bonchev–Trinajstić information content (AvgIpc) is 2.98. The Balaban J connectivity index is 1.71. The number of phenolic OH excluding ortho intramolecular Hbond substituents is 1. The Morgan fingerprint density at radius 3 is 2.70 bits per heavy atom. The molecule has 6 heteroatoms. The van der Waals surface area contributed by atoms with Crippen molar-refractivity contribution in [2.75, 3.05) is 13.8 Å². The molecule has 0 unspecified atom stereocenters. The van der Waals surface area contributed by atoms with E-state index in [1.54, 1.807) is 17.4 Å². The third kappa shape index (κ3) is 2.92. The van der Waals surface area contributed by atoms with Crippen LogP contribution < -0.4 is 9.47 Å². The Morgan fingerprint density at radius 2 is 2.00 bits per heavy atom. The molecule has 1 aromatic heterocycles. The van der Waals surface area contributed by atoms with Crippen LogP contribution in [0.15, 0.2) is 28.1 Å². The van der Waals surface area contributed by atoms with Gasteiger partial charge in [0.1, 0.15) is 5.75 Å². The molecule has 1 aliphatic heterocycles. The first-order chi connectivity index (χ1) is 9.61. The van der Waals surface area contributed by atoms with Crippen molar-refractivity contribution in [1.82, 2.24) is 4.90 Å². The maximum atomic E-state index is 10.0. The highest BCUT2D eigenvalue weighted by Crippen LogP contribution is 2.38. The van der Waals surface area contributed by atoms with Crippen LogP contribution in [-0.2, 0) is 13.1 Å². The quantitative estimate of drug-likeness (QED) is 0.909. The molecule has 0 bridgehead atoms. The van der Waals surface area contributed by atoms with Crippen LogP contribution in [0.1, 0.15) is 10.4 Å². The molecule has 0 amide bonds. The number of benzene rings is 1.